The van der Waals surface area contributed by atoms with Crippen molar-refractivity contribution in [3.8, 4) is 0 Å². The number of likely N-dealkylation sites (N-methyl/N-ethyl adjacent to an activating group) is 1. The highest BCUT2D eigenvalue weighted by Gasteiger charge is 2.49. The second kappa shape index (κ2) is 8.34. The lowest BCUT2D eigenvalue weighted by Crippen LogP contribution is -2.64. The summed E-state index contributed by atoms with van der Waals surface area (Å²) >= 11 is 0. The molecule has 4 rings (SSSR count). The molecule has 1 aromatic rings. The Morgan fingerprint density at radius 1 is 1.19 bits per heavy atom. The van der Waals surface area contributed by atoms with Crippen molar-refractivity contribution >= 4 is 17.9 Å². The largest absolute Gasteiger partial charge is 0.340 e. The zero-order valence-corrected chi connectivity index (χ0v) is 18.9. The number of amides is 3. The van der Waals surface area contributed by atoms with Crippen LogP contribution in [0.5, 0.6) is 0 Å². The van der Waals surface area contributed by atoms with Crippen LogP contribution in [-0.4, -0.2) is 89.5 Å². The number of piperazine rings is 1. The van der Waals surface area contributed by atoms with Crippen molar-refractivity contribution < 1.29 is 9.59 Å². The van der Waals surface area contributed by atoms with Gasteiger partial charge in [0.1, 0.15) is 0 Å². The van der Waals surface area contributed by atoms with Crippen LogP contribution in [0.25, 0.3) is 0 Å². The minimum Gasteiger partial charge on any atom is -0.340 e. The van der Waals surface area contributed by atoms with Crippen LogP contribution in [0.4, 0.5) is 4.79 Å². The topological polar surface area (TPSA) is 71.5 Å². The van der Waals surface area contributed by atoms with E-state index in [1.54, 1.807) is 7.05 Å². The maximum absolute atomic E-state index is 12.9. The third-order valence-electron chi connectivity index (χ3n) is 6.33. The zero-order valence-electron chi connectivity index (χ0n) is 18.9. The fraction of sp³-hybridized carbons (Fsp3) is 0.522. The van der Waals surface area contributed by atoms with Gasteiger partial charge in [0.2, 0.25) is 0 Å². The summed E-state index contributed by atoms with van der Waals surface area (Å²) in [5.74, 6) is 0.528. The molecule has 3 amide bonds. The number of aliphatic imine (C=N–C) groups is 1. The maximum Gasteiger partial charge on any atom is 0.325 e. The molecule has 2 atom stereocenters. The molecular weight excluding hydrogens is 392 g/mol. The molecule has 8 heteroatoms. The first-order valence-electron chi connectivity index (χ1n) is 10.8. The zero-order chi connectivity index (χ0) is 22.3. The maximum atomic E-state index is 12.9. The number of urea groups is 1. The Morgan fingerprint density at radius 3 is 2.58 bits per heavy atom. The van der Waals surface area contributed by atoms with Gasteiger partial charge in [-0.2, -0.15) is 0 Å². The third kappa shape index (κ3) is 4.17. The number of benzene rings is 1. The van der Waals surface area contributed by atoms with Crippen molar-refractivity contribution in [1.29, 1.82) is 0 Å². The Bertz CT molecular complexity index is 934. The second-order valence-corrected chi connectivity index (χ2v) is 8.97. The number of carbonyl (C=O) groups is 2. The summed E-state index contributed by atoms with van der Waals surface area (Å²) in [5, 5.41) is 2.49. The summed E-state index contributed by atoms with van der Waals surface area (Å²) < 4.78 is 0. The van der Waals surface area contributed by atoms with Gasteiger partial charge in [0, 0.05) is 46.3 Å². The Kier molecular flexibility index (Phi) is 5.75. The molecule has 2 fully saturated rings. The quantitative estimate of drug-likeness (QED) is 0.743. The number of nitrogens with zero attached hydrogens (tertiary/aromatic N) is 5. The molecule has 2 saturated heterocycles. The molecule has 1 N–H and O–H groups in total. The van der Waals surface area contributed by atoms with E-state index < -0.39 is 18.2 Å². The Hall–Kier alpha value is -2.87. The number of rotatable bonds is 4. The summed E-state index contributed by atoms with van der Waals surface area (Å²) in [6.07, 6.45) is -0.505. The molecule has 2 unspecified atom stereocenters. The Balaban J connectivity index is 1.62. The highest BCUT2D eigenvalue weighted by molar-refractivity contribution is 6.03. The van der Waals surface area contributed by atoms with Crippen LogP contribution in [0.2, 0.25) is 0 Å². The molecular formula is C23H32N6O2. The number of aryl methyl sites for hydroxylation is 2. The van der Waals surface area contributed by atoms with Crippen molar-refractivity contribution in [2.75, 3.05) is 39.8 Å². The third-order valence-corrected chi connectivity index (χ3v) is 6.33. The van der Waals surface area contributed by atoms with Crippen LogP contribution in [0.1, 0.15) is 23.6 Å². The number of hydrogen-bond donors (Lipinski definition) is 1. The number of fused-ring (bicyclic) bond motifs is 1. The van der Waals surface area contributed by atoms with Crippen molar-refractivity contribution in [1.82, 2.24) is 24.9 Å². The molecule has 0 aromatic heterocycles. The predicted octanol–water partition coefficient (Wildman–Crippen LogP) is 1.55. The van der Waals surface area contributed by atoms with Gasteiger partial charge in [-0.1, -0.05) is 35.9 Å². The van der Waals surface area contributed by atoms with Crippen molar-refractivity contribution in [2.24, 2.45) is 4.99 Å². The lowest BCUT2D eigenvalue weighted by atomic mass is 10.0. The number of imide groups is 1. The van der Waals surface area contributed by atoms with Crippen LogP contribution in [0.15, 0.2) is 35.3 Å². The molecule has 3 aliphatic rings. The van der Waals surface area contributed by atoms with Crippen LogP contribution in [0, 0.1) is 13.8 Å². The highest BCUT2D eigenvalue weighted by atomic mass is 16.2. The fourth-order valence-electron chi connectivity index (χ4n) is 4.59. The van der Waals surface area contributed by atoms with E-state index >= 15 is 0 Å². The molecule has 1 aromatic carbocycles. The normalized spacial score (nSPS) is 24.3. The van der Waals surface area contributed by atoms with E-state index in [0.29, 0.717) is 6.54 Å². The Morgan fingerprint density at radius 2 is 1.90 bits per heavy atom. The predicted molar refractivity (Wildman–Crippen MR) is 121 cm³/mol. The van der Waals surface area contributed by atoms with E-state index in [0.717, 1.165) is 44.3 Å². The number of nitrogens with one attached hydrogen (secondary N) is 1. The van der Waals surface area contributed by atoms with E-state index in [4.69, 9.17) is 4.99 Å². The average Bonchev–Trinajstić information content (AvgIpc) is 3.09. The summed E-state index contributed by atoms with van der Waals surface area (Å²) in [6.45, 7) is 15.2. The van der Waals surface area contributed by atoms with Crippen LogP contribution in [-0.2, 0) is 11.3 Å². The SMILES string of the molecule is C=C(C)CN1CCN(C2=NC3C(C(=O)NC(=O)N3C)N2Cc2cc(C)ccc2C)CC1. The van der Waals surface area contributed by atoms with E-state index in [1.165, 1.54) is 21.6 Å². The second-order valence-electron chi connectivity index (χ2n) is 8.97. The molecule has 0 saturated carbocycles. The number of guanidine groups is 1. The minimum atomic E-state index is -0.522. The molecule has 166 valence electrons. The lowest BCUT2D eigenvalue weighted by Gasteiger charge is -2.40. The van der Waals surface area contributed by atoms with Gasteiger partial charge in [-0.05, 0) is 31.9 Å². The smallest absolute Gasteiger partial charge is 0.325 e. The molecule has 0 bridgehead atoms. The van der Waals surface area contributed by atoms with Gasteiger partial charge in [-0.25, -0.2) is 9.79 Å². The van der Waals surface area contributed by atoms with Crippen LogP contribution < -0.4 is 5.32 Å². The van der Waals surface area contributed by atoms with Crippen LogP contribution in [0.3, 0.4) is 0 Å². The summed E-state index contributed by atoms with van der Waals surface area (Å²) in [7, 11) is 1.70. The monoisotopic (exact) mass is 424 g/mol. The standard InChI is InChI=1S/C23H32N6O2/c1-15(2)13-27-8-10-28(11-9-27)22-24-20-19(21(30)25-23(31)26(20)5)29(22)14-18-12-16(3)6-7-17(18)4/h6-7,12,19-20H,1,8-11,13-14H2,2-5H3,(H,25,30,31). The molecule has 3 heterocycles. The van der Waals surface area contributed by atoms with E-state index in [9.17, 15) is 9.59 Å². The van der Waals surface area contributed by atoms with Gasteiger partial charge < -0.3 is 14.7 Å². The van der Waals surface area contributed by atoms with Crippen molar-refractivity contribution in [2.45, 2.75) is 39.5 Å². The lowest BCUT2D eigenvalue weighted by molar-refractivity contribution is -0.127. The summed E-state index contributed by atoms with van der Waals surface area (Å²) in [5.41, 5.74) is 4.69. The first-order valence-corrected chi connectivity index (χ1v) is 10.8. The number of carbonyl (C=O) groups excluding carboxylic acids is 2. The van der Waals surface area contributed by atoms with Gasteiger partial charge >= 0.3 is 6.03 Å². The van der Waals surface area contributed by atoms with Gasteiger partial charge in [-0.3, -0.25) is 15.0 Å². The minimum absolute atomic E-state index is 0.280. The molecule has 0 spiro atoms. The van der Waals surface area contributed by atoms with Crippen molar-refractivity contribution in [3.63, 3.8) is 0 Å². The van der Waals surface area contributed by atoms with Gasteiger partial charge in [0.05, 0.1) is 0 Å². The first kappa shape index (κ1) is 21.4. The van der Waals surface area contributed by atoms with Crippen LogP contribution >= 0.6 is 0 Å². The van der Waals surface area contributed by atoms with Crippen molar-refractivity contribution in [3.05, 3.63) is 47.0 Å². The molecule has 0 radical (unpaired) electrons. The summed E-state index contributed by atoms with van der Waals surface area (Å²) in [4.78, 5) is 38.3. The van der Waals surface area contributed by atoms with E-state index in [1.807, 2.05) is 0 Å². The number of hydrogen-bond acceptors (Lipinski definition) is 6. The first-order chi connectivity index (χ1) is 14.7. The molecule has 3 aliphatic heterocycles. The fourth-order valence-corrected chi connectivity index (χ4v) is 4.59. The van der Waals surface area contributed by atoms with Gasteiger partial charge in [0.25, 0.3) is 5.91 Å². The Labute approximate surface area is 184 Å². The average molecular weight is 425 g/mol. The molecule has 8 nitrogen and oxygen atoms in total. The van der Waals surface area contributed by atoms with Gasteiger partial charge in [0.15, 0.2) is 18.2 Å². The van der Waals surface area contributed by atoms with E-state index in [-0.39, 0.29) is 5.91 Å². The molecule has 0 aliphatic carbocycles. The molecule has 31 heavy (non-hydrogen) atoms. The van der Waals surface area contributed by atoms with E-state index in [2.05, 4.69) is 65.6 Å². The van der Waals surface area contributed by atoms with Gasteiger partial charge in [-0.15, -0.1) is 0 Å². The highest BCUT2D eigenvalue weighted by Crippen LogP contribution is 2.28. The summed E-state index contributed by atoms with van der Waals surface area (Å²) in [6, 6.07) is 5.46.